The molecule has 0 unspecified atom stereocenters. The van der Waals surface area contributed by atoms with Crippen molar-refractivity contribution in [3.05, 3.63) is 48.2 Å². The normalized spacial score (nSPS) is 14.4. The summed E-state index contributed by atoms with van der Waals surface area (Å²) in [6, 6.07) is 10.7. The number of nitrogens with one attached hydrogen (secondary N) is 1. The van der Waals surface area contributed by atoms with Crippen LogP contribution in [0.25, 0.3) is 0 Å². The minimum absolute atomic E-state index is 0.173. The van der Waals surface area contributed by atoms with Gasteiger partial charge < -0.3 is 19.7 Å². The number of rotatable bonds is 4. The number of hydrogen-bond donors (Lipinski definition) is 1. The number of pyridine rings is 1. The van der Waals surface area contributed by atoms with Crippen LogP contribution in [0.5, 0.6) is 5.75 Å². The van der Waals surface area contributed by atoms with Crippen molar-refractivity contribution in [3.63, 3.8) is 0 Å². The average molecular weight is 313 g/mol. The van der Waals surface area contributed by atoms with Crippen molar-refractivity contribution in [1.82, 2.24) is 4.98 Å². The first-order chi connectivity index (χ1) is 11.3. The number of morpholine rings is 1. The summed E-state index contributed by atoms with van der Waals surface area (Å²) in [6.07, 6.45) is 1.67. The predicted molar refractivity (Wildman–Crippen MR) is 88.2 cm³/mol. The molecule has 1 saturated heterocycles. The zero-order valence-electron chi connectivity index (χ0n) is 13.0. The lowest BCUT2D eigenvalue weighted by atomic mass is 10.2. The summed E-state index contributed by atoms with van der Waals surface area (Å²) in [4.78, 5) is 18.8. The topological polar surface area (TPSA) is 63.7 Å². The lowest BCUT2D eigenvalue weighted by Crippen LogP contribution is -2.36. The van der Waals surface area contributed by atoms with Gasteiger partial charge in [-0.15, -0.1) is 0 Å². The van der Waals surface area contributed by atoms with Crippen molar-refractivity contribution in [1.29, 1.82) is 0 Å². The van der Waals surface area contributed by atoms with Gasteiger partial charge in [0.15, 0.2) is 0 Å². The maximum Gasteiger partial charge on any atom is 0.255 e. The Kier molecular flexibility index (Phi) is 4.73. The fourth-order valence-electron chi connectivity index (χ4n) is 2.39. The van der Waals surface area contributed by atoms with Crippen molar-refractivity contribution >= 4 is 17.4 Å². The van der Waals surface area contributed by atoms with Gasteiger partial charge >= 0.3 is 0 Å². The smallest absolute Gasteiger partial charge is 0.255 e. The lowest BCUT2D eigenvalue weighted by molar-refractivity contribution is 0.102. The Bertz CT molecular complexity index is 650. The molecular weight excluding hydrogens is 294 g/mol. The van der Waals surface area contributed by atoms with Crippen LogP contribution >= 0.6 is 0 Å². The standard InChI is InChI=1S/C17H19N3O3/c1-22-15-5-2-13(3-6-15)17(21)19-14-4-7-16(18-12-14)20-8-10-23-11-9-20/h2-7,12H,8-11H2,1H3,(H,19,21). The Balaban J connectivity index is 1.63. The molecule has 0 radical (unpaired) electrons. The monoisotopic (exact) mass is 313 g/mol. The fraction of sp³-hybridized carbons (Fsp3) is 0.294. The van der Waals surface area contributed by atoms with Crippen LogP contribution in [0.3, 0.4) is 0 Å². The number of anilines is 2. The minimum Gasteiger partial charge on any atom is -0.497 e. The van der Waals surface area contributed by atoms with Gasteiger partial charge in [-0.25, -0.2) is 4.98 Å². The second-order valence-corrected chi connectivity index (χ2v) is 5.19. The zero-order chi connectivity index (χ0) is 16.1. The summed E-state index contributed by atoms with van der Waals surface area (Å²) in [7, 11) is 1.59. The van der Waals surface area contributed by atoms with Gasteiger partial charge in [-0.1, -0.05) is 0 Å². The molecule has 0 atom stereocenters. The first-order valence-corrected chi connectivity index (χ1v) is 7.50. The van der Waals surface area contributed by atoms with E-state index >= 15 is 0 Å². The van der Waals surface area contributed by atoms with Crippen molar-refractivity contribution in [3.8, 4) is 5.75 Å². The summed E-state index contributed by atoms with van der Waals surface area (Å²) in [5, 5.41) is 2.84. The first-order valence-electron chi connectivity index (χ1n) is 7.50. The molecule has 0 aliphatic carbocycles. The molecule has 2 heterocycles. The highest BCUT2D eigenvalue weighted by Crippen LogP contribution is 2.17. The van der Waals surface area contributed by atoms with E-state index in [2.05, 4.69) is 15.2 Å². The van der Waals surface area contributed by atoms with Crippen LogP contribution < -0.4 is 15.0 Å². The zero-order valence-corrected chi connectivity index (χ0v) is 13.0. The highest BCUT2D eigenvalue weighted by molar-refractivity contribution is 6.04. The first kappa shape index (κ1) is 15.3. The largest absolute Gasteiger partial charge is 0.497 e. The number of nitrogens with zero attached hydrogens (tertiary/aromatic N) is 2. The molecular formula is C17H19N3O3. The summed E-state index contributed by atoms with van der Waals surface area (Å²) >= 11 is 0. The Morgan fingerprint density at radius 3 is 2.52 bits per heavy atom. The van der Waals surface area contributed by atoms with E-state index in [-0.39, 0.29) is 5.91 Å². The van der Waals surface area contributed by atoms with Crippen LogP contribution in [-0.2, 0) is 4.74 Å². The van der Waals surface area contributed by atoms with Crippen molar-refractivity contribution in [2.24, 2.45) is 0 Å². The van der Waals surface area contributed by atoms with Gasteiger partial charge in [0.05, 0.1) is 32.2 Å². The number of ether oxygens (including phenoxy) is 2. The van der Waals surface area contributed by atoms with Gasteiger partial charge in [0.2, 0.25) is 0 Å². The molecule has 1 aromatic heterocycles. The van der Waals surface area contributed by atoms with Gasteiger partial charge in [-0.2, -0.15) is 0 Å². The van der Waals surface area contributed by atoms with Gasteiger partial charge in [0, 0.05) is 18.7 Å². The van der Waals surface area contributed by atoms with Gasteiger partial charge in [0.1, 0.15) is 11.6 Å². The van der Waals surface area contributed by atoms with E-state index in [9.17, 15) is 4.79 Å². The number of amides is 1. The third-order valence-electron chi connectivity index (χ3n) is 3.69. The second kappa shape index (κ2) is 7.11. The molecule has 23 heavy (non-hydrogen) atoms. The molecule has 2 aromatic rings. The second-order valence-electron chi connectivity index (χ2n) is 5.19. The minimum atomic E-state index is -0.173. The van der Waals surface area contributed by atoms with Crippen LogP contribution in [0.2, 0.25) is 0 Å². The third kappa shape index (κ3) is 3.78. The Labute approximate surface area is 135 Å². The number of aromatic nitrogens is 1. The third-order valence-corrected chi connectivity index (χ3v) is 3.69. The Morgan fingerprint density at radius 1 is 1.17 bits per heavy atom. The molecule has 0 bridgehead atoms. The summed E-state index contributed by atoms with van der Waals surface area (Å²) in [5.74, 6) is 1.45. The fourth-order valence-corrected chi connectivity index (χ4v) is 2.39. The quantitative estimate of drug-likeness (QED) is 0.937. The highest BCUT2D eigenvalue weighted by atomic mass is 16.5. The van der Waals surface area contributed by atoms with Crippen molar-refractivity contribution < 1.29 is 14.3 Å². The van der Waals surface area contributed by atoms with E-state index < -0.39 is 0 Å². The molecule has 1 aromatic carbocycles. The van der Waals surface area contributed by atoms with Crippen LogP contribution in [0.4, 0.5) is 11.5 Å². The molecule has 120 valence electrons. The maximum absolute atomic E-state index is 12.2. The number of carbonyl (C=O) groups excluding carboxylic acids is 1. The van der Waals surface area contributed by atoms with Crippen LogP contribution in [0.1, 0.15) is 10.4 Å². The summed E-state index contributed by atoms with van der Waals surface area (Å²) < 4.78 is 10.4. The molecule has 1 aliphatic heterocycles. The van der Waals surface area contributed by atoms with Crippen LogP contribution in [-0.4, -0.2) is 44.3 Å². The van der Waals surface area contributed by atoms with E-state index in [1.807, 2.05) is 12.1 Å². The Hall–Kier alpha value is -2.60. The molecule has 3 rings (SSSR count). The van der Waals surface area contributed by atoms with E-state index in [0.29, 0.717) is 11.3 Å². The molecule has 6 heteroatoms. The van der Waals surface area contributed by atoms with Crippen molar-refractivity contribution in [2.75, 3.05) is 43.6 Å². The number of carbonyl (C=O) groups is 1. The molecule has 1 amide bonds. The predicted octanol–water partition coefficient (Wildman–Crippen LogP) is 2.18. The van der Waals surface area contributed by atoms with Crippen molar-refractivity contribution in [2.45, 2.75) is 0 Å². The Morgan fingerprint density at radius 2 is 1.91 bits per heavy atom. The number of hydrogen-bond acceptors (Lipinski definition) is 5. The van der Waals surface area contributed by atoms with Crippen LogP contribution in [0.15, 0.2) is 42.6 Å². The van der Waals surface area contributed by atoms with Crippen LogP contribution in [0, 0.1) is 0 Å². The van der Waals surface area contributed by atoms with Gasteiger partial charge in [-0.05, 0) is 36.4 Å². The highest BCUT2D eigenvalue weighted by Gasteiger charge is 2.12. The number of methoxy groups -OCH3 is 1. The molecule has 0 saturated carbocycles. The lowest BCUT2D eigenvalue weighted by Gasteiger charge is -2.27. The van der Waals surface area contributed by atoms with Gasteiger partial charge in [-0.3, -0.25) is 4.79 Å². The summed E-state index contributed by atoms with van der Waals surface area (Å²) in [6.45, 7) is 3.12. The van der Waals surface area contributed by atoms with E-state index in [4.69, 9.17) is 9.47 Å². The van der Waals surface area contributed by atoms with E-state index in [1.165, 1.54) is 0 Å². The van der Waals surface area contributed by atoms with Gasteiger partial charge in [0.25, 0.3) is 5.91 Å². The molecule has 1 fully saturated rings. The average Bonchev–Trinajstić information content (AvgIpc) is 2.63. The summed E-state index contributed by atoms with van der Waals surface area (Å²) in [5.41, 5.74) is 1.24. The molecule has 0 spiro atoms. The molecule has 1 N–H and O–H groups in total. The molecule has 1 aliphatic rings. The molecule has 6 nitrogen and oxygen atoms in total. The SMILES string of the molecule is COc1ccc(C(=O)Nc2ccc(N3CCOCC3)nc2)cc1. The van der Waals surface area contributed by atoms with E-state index in [1.54, 1.807) is 37.6 Å². The van der Waals surface area contributed by atoms with E-state index in [0.717, 1.165) is 37.9 Å². The number of benzene rings is 1. The maximum atomic E-state index is 12.2.